The Balaban J connectivity index is 1.88. The van der Waals surface area contributed by atoms with Crippen molar-refractivity contribution in [3.05, 3.63) is 0 Å². The molecule has 20 heavy (non-hydrogen) atoms. The van der Waals surface area contributed by atoms with Crippen LogP contribution in [0.25, 0.3) is 0 Å². The van der Waals surface area contributed by atoms with Crippen LogP contribution >= 0.6 is 23.1 Å². The molecular formula is C12H20N4O2S2. The minimum atomic E-state index is -0.836. The van der Waals surface area contributed by atoms with Crippen LogP contribution in [0.3, 0.4) is 0 Å². The average Bonchev–Trinajstić information content (AvgIpc) is 3.04. The fourth-order valence-electron chi connectivity index (χ4n) is 2.52. The Hall–Kier alpha value is -0.860. The maximum Gasteiger partial charge on any atom is 0.313 e. The van der Waals surface area contributed by atoms with Crippen LogP contribution < -0.4 is 5.32 Å². The Bertz CT molecular complexity index is 458. The molecule has 0 amide bonds. The van der Waals surface area contributed by atoms with E-state index in [4.69, 9.17) is 5.11 Å². The number of carboxylic acids is 1. The van der Waals surface area contributed by atoms with Crippen molar-refractivity contribution >= 4 is 34.2 Å². The predicted octanol–water partition coefficient (Wildman–Crippen LogP) is 2.00. The number of aromatic nitrogens is 2. The molecule has 1 fully saturated rings. The van der Waals surface area contributed by atoms with Gasteiger partial charge in [-0.1, -0.05) is 35.9 Å². The van der Waals surface area contributed by atoms with Crippen molar-refractivity contribution in [3.8, 4) is 0 Å². The second-order valence-corrected chi connectivity index (χ2v) is 7.43. The molecule has 1 heterocycles. The maximum absolute atomic E-state index is 10.5. The number of thioether (sulfide) groups is 1. The number of rotatable bonds is 7. The Kier molecular flexibility index (Phi) is 5.22. The van der Waals surface area contributed by atoms with Gasteiger partial charge in [-0.2, -0.15) is 0 Å². The number of carbonyl (C=O) groups is 1. The molecule has 1 aliphatic rings. The molecule has 112 valence electrons. The summed E-state index contributed by atoms with van der Waals surface area (Å²) in [5.41, 5.74) is 0.208. The molecule has 8 heteroatoms. The van der Waals surface area contributed by atoms with Crippen LogP contribution in [0.4, 0.5) is 5.13 Å². The molecule has 0 aromatic carbocycles. The summed E-state index contributed by atoms with van der Waals surface area (Å²) < 4.78 is 0.695. The summed E-state index contributed by atoms with van der Waals surface area (Å²) in [5.74, 6) is -0.812. The number of nitrogens with zero attached hydrogens (tertiary/aromatic N) is 3. The Morgan fingerprint density at radius 1 is 1.45 bits per heavy atom. The first-order chi connectivity index (χ1) is 9.52. The number of likely N-dealkylation sites (N-methyl/N-ethyl adjacent to an activating group) is 1. The fourth-order valence-corrected chi connectivity index (χ4v) is 3.99. The molecule has 1 aromatic heterocycles. The van der Waals surface area contributed by atoms with E-state index in [0.717, 1.165) is 11.7 Å². The average molecular weight is 316 g/mol. The maximum atomic E-state index is 10.5. The van der Waals surface area contributed by atoms with Crippen molar-refractivity contribution in [2.24, 2.45) is 0 Å². The summed E-state index contributed by atoms with van der Waals surface area (Å²) in [7, 11) is 4.25. The van der Waals surface area contributed by atoms with E-state index in [1.165, 1.54) is 48.8 Å². The molecule has 2 N–H and O–H groups in total. The van der Waals surface area contributed by atoms with Crippen LogP contribution in [0, 0.1) is 0 Å². The van der Waals surface area contributed by atoms with Gasteiger partial charge in [0, 0.05) is 12.1 Å². The molecule has 0 bridgehead atoms. The smallest absolute Gasteiger partial charge is 0.313 e. The zero-order valence-electron chi connectivity index (χ0n) is 11.8. The van der Waals surface area contributed by atoms with Gasteiger partial charge in [-0.3, -0.25) is 4.79 Å². The van der Waals surface area contributed by atoms with Crippen molar-refractivity contribution in [2.45, 2.75) is 35.6 Å². The quantitative estimate of drug-likeness (QED) is 0.745. The van der Waals surface area contributed by atoms with Gasteiger partial charge in [0.05, 0.1) is 5.75 Å². The van der Waals surface area contributed by atoms with E-state index in [-0.39, 0.29) is 11.3 Å². The highest BCUT2D eigenvalue weighted by Crippen LogP contribution is 2.34. The number of hydrogen-bond donors (Lipinski definition) is 2. The van der Waals surface area contributed by atoms with Crippen LogP contribution in [0.5, 0.6) is 0 Å². The summed E-state index contributed by atoms with van der Waals surface area (Å²) in [6, 6.07) is 0. The SMILES string of the molecule is CN(C)C1(CNc2nnc(SCC(=O)O)s2)CCCC1. The zero-order valence-corrected chi connectivity index (χ0v) is 13.4. The topological polar surface area (TPSA) is 78.3 Å². The molecule has 1 aliphatic carbocycles. The number of hydrogen-bond acceptors (Lipinski definition) is 7. The van der Waals surface area contributed by atoms with E-state index in [2.05, 4.69) is 34.5 Å². The van der Waals surface area contributed by atoms with E-state index in [9.17, 15) is 4.79 Å². The van der Waals surface area contributed by atoms with Crippen LogP contribution in [0.2, 0.25) is 0 Å². The van der Waals surface area contributed by atoms with E-state index in [1.54, 1.807) is 0 Å². The number of carboxylic acid groups (broad SMARTS) is 1. The molecule has 0 spiro atoms. The van der Waals surface area contributed by atoms with Crippen LogP contribution in [-0.4, -0.2) is 58.1 Å². The van der Waals surface area contributed by atoms with E-state index < -0.39 is 5.97 Å². The molecule has 1 saturated carbocycles. The number of aliphatic carboxylic acids is 1. The van der Waals surface area contributed by atoms with Crippen molar-refractivity contribution in [1.82, 2.24) is 15.1 Å². The van der Waals surface area contributed by atoms with Crippen LogP contribution in [0.1, 0.15) is 25.7 Å². The minimum absolute atomic E-state index is 0.0241. The van der Waals surface area contributed by atoms with Gasteiger partial charge in [-0.25, -0.2) is 0 Å². The highest BCUT2D eigenvalue weighted by molar-refractivity contribution is 8.01. The third-order valence-electron chi connectivity index (χ3n) is 3.78. The Morgan fingerprint density at radius 2 is 2.15 bits per heavy atom. The fraction of sp³-hybridized carbons (Fsp3) is 0.750. The first-order valence-corrected chi connectivity index (χ1v) is 8.41. The van der Waals surface area contributed by atoms with Gasteiger partial charge >= 0.3 is 5.97 Å². The standard InChI is InChI=1S/C12H20N4O2S2/c1-16(2)12(5-3-4-6-12)8-13-10-14-15-11(20-10)19-7-9(17)18/h3-8H2,1-2H3,(H,13,14)(H,17,18). The second kappa shape index (κ2) is 6.73. The number of nitrogens with one attached hydrogen (secondary N) is 1. The monoisotopic (exact) mass is 316 g/mol. The summed E-state index contributed by atoms with van der Waals surface area (Å²) in [6.07, 6.45) is 4.95. The van der Waals surface area contributed by atoms with E-state index in [1.807, 2.05) is 0 Å². The molecular weight excluding hydrogens is 296 g/mol. The lowest BCUT2D eigenvalue weighted by Crippen LogP contribution is -2.47. The Morgan fingerprint density at radius 3 is 2.75 bits per heavy atom. The molecule has 6 nitrogen and oxygen atoms in total. The van der Waals surface area contributed by atoms with Crippen LogP contribution in [0.15, 0.2) is 4.34 Å². The first kappa shape index (κ1) is 15.5. The second-order valence-electron chi connectivity index (χ2n) is 5.23. The predicted molar refractivity (Wildman–Crippen MR) is 81.6 cm³/mol. The lowest BCUT2D eigenvalue weighted by molar-refractivity contribution is -0.133. The highest BCUT2D eigenvalue weighted by atomic mass is 32.2. The van der Waals surface area contributed by atoms with Gasteiger partial charge in [0.15, 0.2) is 4.34 Å². The summed E-state index contributed by atoms with van der Waals surface area (Å²) in [6.45, 7) is 0.859. The van der Waals surface area contributed by atoms with Gasteiger partial charge < -0.3 is 15.3 Å². The molecule has 0 atom stereocenters. The minimum Gasteiger partial charge on any atom is -0.481 e. The zero-order chi connectivity index (χ0) is 14.6. The van der Waals surface area contributed by atoms with Gasteiger partial charge in [0.1, 0.15) is 0 Å². The summed E-state index contributed by atoms with van der Waals surface area (Å²) in [5, 5.41) is 20.8. The van der Waals surface area contributed by atoms with Crippen molar-refractivity contribution in [3.63, 3.8) is 0 Å². The van der Waals surface area contributed by atoms with Crippen LogP contribution in [-0.2, 0) is 4.79 Å². The molecule has 0 unspecified atom stereocenters. The van der Waals surface area contributed by atoms with Crippen molar-refractivity contribution in [2.75, 3.05) is 31.7 Å². The van der Waals surface area contributed by atoms with Gasteiger partial charge in [-0.15, -0.1) is 10.2 Å². The lowest BCUT2D eigenvalue weighted by atomic mass is 9.96. The van der Waals surface area contributed by atoms with Gasteiger partial charge in [-0.05, 0) is 26.9 Å². The molecule has 0 aliphatic heterocycles. The summed E-state index contributed by atoms with van der Waals surface area (Å²) in [4.78, 5) is 12.8. The highest BCUT2D eigenvalue weighted by Gasteiger charge is 2.35. The van der Waals surface area contributed by atoms with Crippen molar-refractivity contribution < 1.29 is 9.90 Å². The molecule has 1 aromatic rings. The third-order valence-corrected chi connectivity index (χ3v) is 5.78. The van der Waals surface area contributed by atoms with Gasteiger partial charge in [0.25, 0.3) is 0 Å². The number of anilines is 1. The first-order valence-electron chi connectivity index (χ1n) is 6.61. The summed E-state index contributed by atoms with van der Waals surface area (Å²) >= 11 is 2.62. The largest absolute Gasteiger partial charge is 0.481 e. The Labute approximate surface area is 127 Å². The van der Waals surface area contributed by atoms with E-state index >= 15 is 0 Å². The molecule has 2 rings (SSSR count). The van der Waals surface area contributed by atoms with Gasteiger partial charge in [0.2, 0.25) is 5.13 Å². The molecule has 0 saturated heterocycles. The van der Waals surface area contributed by atoms with Crippen molar-refractivity contribution in [1.29, 1.82) is 0 Å². The normalized spacial score (nSPS) is 17.6. The van der Waals surface area contributed by atoms with E-state index in [0.29, 0.717) is 4.34 Å². The third kappa shape index (κ3) is 3.83. The lowest BCUT2D eigenvalue weighted by Gasteiger charge is -2.36. The molecule has 0 radical (unpaired) electrons.